The van der Waals surface area contributed by atoms with Crippen LogP contribution in [0.2, 0.25) is 0 Å². The molecule has 0 saturated heterocycles. The van der Waals surface area contributed by atoms with Crippen molar-refractivity contribution in [1.29, 1.82) is 0 Å². The molecule has 2 heterocycles. The zero-order chi connectivity index (χ0) is 16.4. The summed E-state index contributed by atoms with van der Waals surface area (Å²) >= 11 is 0. The molecular weight excluding hydrogens is 292 g/mol. The van der Waals surface area contributed by atoms with Crippen LogP contribution in [0.4, 0.5) is 16.2 Å². The van der Waals surface area contributed by atoms with Gasteiger partial charge in [0, 0.05) is 24.6 Å². The predicted octanol–water partition coefficient (Wildman–Crippen LogP) is 2.23. The molecule has 0 unspecified atom stereocenters. The molecule has 0 radical (unpaired) electrons. The number of pyridine rings is 1. The van der Waals surface area contributed by atoms with E-state index in [0.717, 1.165) is 22.5 Å². The quantitative estimate of drug-likeness (QED) is 0.913. The fourth-order valence-corrected chi connectivity index (χ4v) is 2.59. The van der Waals surface area contributed by atoms with Crippen LogP contribution < -0.4 is 15.5 Å². The second-order valence-corrected chi connectivity index (χ2v) is 5.55. The van der Waals surface area contributed by atoms with E-state index in [-0.39, 0.29) is 11.9 Å². The first-order chi connectivity index (χ1) is 11.0. The summed E-state index contributed by atoms with van der Waals surface area (Å²) in [5.74, 6) is 0.0622. The molecule has 3 amide bonds. The lowest BCUT2D eigenvalue weighted by Gasteiger charge is -2.12. The van der Waals surface area contributed by atoms with E-state index < -0.39 is 0 Å². The van der Waals surface area contributed by atoms with E-state index in [1.54, 1.807) is 24.2 Å². The fraction of sp³-hybridized carbons (Fsp3) is 0.235. The summed E-state index contributed by atoms with van der Waals surface area (Å²) in [6.07, 6.45) is 2.08. The third-order valence-electron chi connectivity index (χ3n) is 3.95. The summed E-state index contributed by atoms with van der Waals surface area (Å²) in [4.78, 5) is 29.5. The Morgan fingerprint density at radius 2 is 2.17 bits per heavy atom. The van der Waals surface area contributed by atoms with Crippen molar-refractivity contribution in [3.63, 3.8) is 0 Å². The summed E-state index contributed by atoms with van der Waals surface area (Å²) in [6, 6.07) is 8.99. The highest BCUT2D eigenvalue weighted by molar-refractivity contribution is 6.01. The monoisotopic (exact) mass is 310 g/mol. The van der Waals surface area contributed by atoms with Gasteiger partial charge < -0.3 is 15.5 Å². The Hall–Kier alpha value is -2.89. The summed E-state index contributed by atoms with van der Waals surface area (Å²) in [5.41, 5.74) is 4.36. The Balaban J connectivity index is 1.62. The highest BCUT2D eigenvalue weighted by atomic mass is 16.2. The van der Waals surface area contributed by atoms with Gasteiger partial charge in [0.25, 0.3) is 0 Å². The molecule has 0 bridgehead atoms. The zero-order valence-corrected chi connectivity index (χ0v) is 13.1. The Labute approximate surface area is 134 Å². The van der Waals surface area contributed by atoms with Gasteiger partial charge >= 0.3 is 6.03 Å². The second kappa shape index (κ2) is 6.08. The van der Waals surface area contributed by atoms with Crippen molar-refractivity contribution in [2.75, 3.05) is 17.3 Å². The molecule has 0 atom stereocenters. The van der Waals surface area contributed by atoms with E-state index in [9.17, 15) is 9.59 Å². The number of aromatic nitrogens is 1. The number of carbonyl (C=O) groups is 2. The lowest BCUT2D eigenvalue weighted by molar-refractivity contribution is -0.117. The standard InChI is InChI=1S/C17H18N4O2/c1-11-4-3-7-18-14(11)10-19-17(23)20-13-5-6-15-12(8-13)9-16(22)21(15)2/h3-8H,9-10H2,1-2H3,(H2,19,20,23). The average molecular weight is 310 g/mol. The van der Waals surface area contributed by atoms with E-state index in [1.807, 2.05) is 31.2 Å². The smallest absolute Gasteiger partial charge is 0.319 e. The van der Waals surface area contributed by atoms with Crippen molar-refractivity contribution in [3.8, 4) is 0 Å². The molecule has 1 aromatic heterocycles. The van der Waals surface area contributed by atoms with Crippen molar-refractivity contribution in [2.45, 2.75) is 19.9 Å². The number of nitrogens with one attached hydrogen (secondary N) is 2. The molecule has 0 fully saturated rings. The van der Waals surface area contributed by atoms with Crippen molar-refractivity contribution >= 4 is 23.3 Å². The number of amides is 3. The van der Waals surface area contributed by atoms with Crippen LogP contribution in [0.15, 0.2) is 36.5 Å². The molecule has 118 valence electrons. The van der Waals surface area contributed by atoms with Gasteiger partial charge in [0.15, 0.2) is 0 Å². The van der Waals surface area contributed by atoms with E-state index in [1.165, 1.54) is 0 Å². The number of carbonyl (C=O) groups excluding carboxylic acids is 2. The van der Waals surface area contributed by atoms with Gasteiger partial charge in [0.2, 0.25) is 5.91 Å². The summed E-state index contributed by atoms with van der Waals surface area (Å²) in [5, 5.41) is 5.57. The minimum Gasteiger partial charge on any atom is -0.332 e. The van der Waals surface area contributed by atoms with E-state index in [2.05, 4.69) is 15.6 Å². The SMILES string of the molecule is Cc1cccnc1CNC(=O)Nc1ccc2c(c1)CC(=O)N2C. The largest absolute Gasteiger partial charge is 0.332 e. The van der Waals surface area contributed by atoms with Gasteiger partial charge in [0.05, 0.1) is 18.7 Å². The Morgan fingerprint density at radius 3 is 2.96 bits per heavy atom. The number of hydrogen-bond donors (Lipinski definition) is 2. The molecule has 6 nitrogen and oxygen atoms in total. The summed E-state index contributed by atoms with van der Waals surface area (Å²) in [7, 11) is 1.75. The molecular formula is C17H18N4O2. The number of anilines is 2. The average Bonchev–Trinajstić information content (AvgIpc) is 2.81. The van der Waals surface area contributed by atoms with Gasteiger partial charge in [-0.3, -0.25) is 9.78 Å². The number of benzene rings is 1. The van der Waals surface area contributed by atoms with Crippen LogP contribution in [-0.4, -0.2) is 24.0 Å². The predicted molar refractivity (Wildman–Crippen MR) is 88.4 cm³/mol. The van der Waals surface area contributed by atoms with Crippen LogP contribution in [0.1, 0.15) is 16.8 Å². The zero-order valence-electron chi connectivity index (χ0n) is 13.1. The van der Waals surface area contributed by atoms with Gasteiger partial charge in [-0.1, -0.05) is 6.07 Å². The first-order valence-electron chi connectivity index (χ1n) is 7.39. The van der Waals surface area contributed by atoms with Gasteiger partial charge in [-0.15, -0.1) is 0 Å². The number of urea groups is 1. The minimum atomic E-state index is -0.298. The van der Waals surface area contributed by atoms with Crippen LogP contribution in [-0.2, 0) is 17.8 Å². The highest BCUT2D eigenvalue weighted by Gasteiger charge is 2.23. The summed E-state index contributed by atoms with van der Waals surface area (Å²) in [6.45, 7) is 2.32. The Kier molecular flexibility index (Phi) is 3.97. The van der Waals surface area contributed by atoms with Crippen molar-refractivity contribution < 1.29 is 9.59 Å². The normalized spacial score (nSPS) is 13.0. The molecule has 23 heavy (non-hydrogen) atoms. The third kappa shape index (κ3) is 3.15. The van der Waals surface area contributed by atoms with Crippen LogP contribution in [0.25, 0.3) is 0 Å². The van der Waals surface area contributed by atoms with E-state index in [4.69, 9.17) is 0 Å². The number of likely N-dealkylation sites (N-methyl/N-ethyl adjacent to an activating group) is 1. The molecule has 1 aliphatic heterocycles. The molecule has 0 aliphatic carbocycles. The van der Waals surface area contributed by atoms with Crippen LogP contribution in [0.3, 0.4) is 0 Å². The van der Waals surface area contributed by atoms with Crippen molar-refractivity contribution in [2.24, 2.45) is 0 Å². The van der Waals surface area contributed by atoms with Gasteiger partial charge in [-0.2, -0.15) is 0 Å². The van der Waals surface area contributed by atoms with Crippen LogP contribution in [0, 0.1) is 6.92 Å². The van der Waals surface area contributed by atoms with Crippen LogP contribution >= 0.6 is 0 Å². The molecule has 1 aliphatic rings. The van der Waals surface area contributed by atoms with Gasteiger partial charge in [-0.05, 0) is 42.3 Å². The number of hydrogen-bond acceptors (Lipinski definition) is 3. The van der Waals surface area contributed by atoms with Crippen LogP contribution in [0.5, 0.6) is 0 Å². The second-order valence-electron chi connectivity index (χ2n) is 5.55. The minimum absolute atomic E-state index is 0.0622. The highest BCUT2D eigenvalue weighted by Crippen LogP contribution is 2.29. The van der Waals surface area contributed by atoms with Crippen molar-refractivity contribution in [1.82, 2.24) is 10.3 Å². The number of aryl methyl sites for hydroxylation is 1. The maximum absolute atomic E-state index is 12.0. The lowest BCUT2D eigenvalue weighted by Crippen LogP contribution is -2.28. The molecule has 0 saturated carbocycles. The first-order valence-corrected chi connectivity index (χ1v) is 7.39. The maximum Gasteiger partial charge on any atom is 0.319 e. The first kappa shape index (κ1) is 15.0. The summed E-state index contributed by atoms with van der Waals surface area (Å²) < 4.78 is 0. The molecule has 2 aromatic rings. The molecule has 0 spiro atoms. The molecule has 1 aromatic carbocycles. The fourth-order valence-electron chi connectivity index (χ4n) is 2.59. The number of nitrogens with zero attached hydrogens (tertiary/aromatic N) is 2. The van der Waals surface area contributed by atoms with Crippen molar-refractivity contribution in [3.05, 3.63) is 53.3 Å². The molecule has 2 N–H and O–H groups in total. The molecule has 6 heteroatoms. The number of rotatable bonds is 3. The maximum atomic E-state index is 12.0. The Morgan fingerprint density at radius 1 is 1.35 bits per heavy atom. The third-order valence-corrected chi connectivity index (χ3v) is 3.95. The van der Waals surface area contributed by atoms with Gasteiger partial charge in [-0.25, -0.2) is 4.79 Å². The topological polar surface area (TPSA) is 74.3 Å². The van der Waals surface area contributed by atoms with E-state index in [0.29, 0.717) is 18.7 Å². The van der Waals surface area contributed by atoms with E-state index >= 15 is 0 Å². The van der Waals surface area contributed by atoms with Gasteiger partial charge in [0.1, 0.15) is 0 Å². The lowest BCUT2D eigenvalue weighted by atomic mass is 10.1. The number of fused-ring (bicyclic) bond motifs is 1. The molecule has 3 rings (SSSR count). The Bertz CT molecular complexity index is 773.